The number of allylic oxidation sites excluding steroid dienone is 5. The summed E-state index contributed by atoms with van der Waals surface area (Å²) < 4.78 is 68.7. The number of hydrogen-bond acceptors (Lipinski definition) is 8. The zero-order valence-corrected chi connectivity index (χ0v) is 24.7. The first-order chi connectivity index (χ1) is 19.3. The monoisotopic (exact) mass is 583 g/mol. The summed E-state index contributed by atoms with van der Waals surface area (Å²) in [6.07, 6.45) is 3.25. The van der Waals surface area contributed by atoms with Crippen molar-refractivity contribution in [3.05, 3.63) is 70.8 Å². The molecule has 0 spiro atoms. The largest absolute Gasteiger partial charge is 0.501 e. The lowest BCUT2D eigenvalue weighted by molar-refractivity contribution is -0.198. The molecule has 0 aliphatic heterocycles. The fourth-order valence-corrected chi connectivity index (χ4v) is 3.40. The van der Waals surface area contributed by atoms with E-state index in [1.165, 1.54) is 37.6 Å². The van der Waals surface area contributed by atoms with Crippen molar-refractivity contribution in [2.24, 2.45) is 5.41 Å². The molecule has 0 radical (unpaired) electrons. The van der Waals surface area contributed by atoms with Crippen molar-refractivity contribution in [1.82, 2.24) is 4.98 Å². The van der Waals surface area contributed by atoms with E-state index in [0.29, 0.717) is 25.4 Å². The highest BCUT2D eigenvalue weighted by Gasteiger charge is 2.51. The van der Waals surface area contributed by atoms with Gasteiger partial charge in [0.1, 0.15) is 17.9 Å². The number of halogens is 3. The van der Waals surface area contributed by atoms with E-state index >= 15 is 0 Å². The van der Waals surface area contributed by atoms with E-state index in [0.717, 1.165) is 26.5 Å². The van der Waals surface area contributed by atoms with Crippen LogP contribution in [0.5, 0.6) is 5.75 Å². The number of esters is 1. The van der Waals surface area contributed by atoms with Crippen LogP contribution in [-0.4, -0.2) is 70.7 Å². The number of Topliss-reactive ketones (excluding diaryl/α,β-unsaturated/α-hetero) is 1. The van der Waals surface area contributed by atoms with Crippen molar-refractivity contribution in [2.75, 3.05) is 47.8 Å². The quantitative estimate of drug-likeness (QED) is 0.0247. The Kier molecular flexibility index (Phi) is 15.1. The van der Waals surface area contributed by atoms with Crippen LogP contribution in [0.1, 0.15) is 51.0 Å². The third-order valence-electron chi connectivity index (χ3n) is 6.24. The molecule has 0 aromatic carbocycles. The average molecular weight is 584 g/mol. The number of methoxy groups -OCH3 is 3. The molecule has 1 heterocycles. The summed E-state index contributed by atoms with van der Waals surface area (Å²) in [6.45, 7) is 6.34. The topological polar surface area (TPSA) is 93.2 Å². The molecule has 0 saturated heterocycles. The van der Waals surface area contributed by atoms with Crippen LogP contribution < -0.4 is 4.74 Å². The molecular formula is C30H40F3NO7. The average Bonchev–Trinajstić information content (AvgIpc) is 2.94. The Bertz CT molecular complexity index is 1140. The van der Waals surface area contributed by atoms with Crippen LogP contribution in [0.15, 0.2) is 65.1 Å². The summed E-state index contributed by atoms with van der Waals surface area (Å²) >= 11 is 0. The SMILES string of the molecule is CCC(=CC=C(C)OC)COc1cccnc1C(=O)C(C(=O)OC)=C(C/C=C\COCCOC)C(C)(C)C(F)(F)F. The van der Waals surface area contributed by atoms with Gasteiger partial charge >= 0.3 is 12.1 Å². The number of hydrogen-bond donors (Lipinski definition) is 0. The zero-order valence-electron chi connectivity index (χ0n) is 24.7. The smallest absolute Gasteiger partial charge is 0.397 e. The first kappa shape index (κ1) is 35.6. The minimum absolute atomic E-state index is 0.0111. The number of rotatable bonds is 17. The molecule has 228 valence electrons. The highest BCUT2D eigenvalue weighted by molar-refractivity contribution is 6.25. The standard InChI is InChI=1S/C30H40F3NO7/c1-8-22(15-14-21(2)38-6)20-41-24-13-11-16-34-26(24)27(35)25(28(36)39-7)23(29(3,4)30(31,32)33)12-9-10-17-40-19-18-37-5/h9-11,13-16H,8,12,17-20H2,1-7H3/b10-9-,21-14?,22-15?,25-23?. The second-order valence-corrected chi connectivity index (χ2v) is 9.34. The van der Waals surface area contributed by atoms with E-state index in [4.69, 9.17) is 23.7 Å². The van der Waals surface area contributed by atoms with Gasteiger partial charge in [-0.3, -0.25) is 4.79 Å². The predicted octanol–water partition coefficient (Wildman–Crippen LogP) is 6.20. The molecule has 0 unspecified atom stereocenters. The number of carbonyl (C=O) groups is 2. The number of nitrogens with zero attached hydrogens (tertiary/aromatic N) is 1. The van der Waals surface area contributed by atoms with Crippen LogP contribution in [0.4, 0.5) is 13.2 Å². The number of aromatic nitrogens is 1. The maximum atomic E-state index is 14.3. The van der Waals surface area contributed by atoms with Gasteiger partial charge in [0.15, 0.2) is 5.69 Å². The van der Waals surface area contributed by atoms with Gasteiger partial charge in [-0.15, -0.1) is 0 Å². The van der Waals surface area contributed by atoms with Gasteiger partial charge in [-0.2, -0.15) is 13.2 Å². The summed E-state index contributed by atoms with van der Waals surface area (Å²) in [6, 6.07) is 2.98. The van der Waals surface area contributed by atoms with Crippen LogP contribution in [0.25, 0.3) is 0 Å². The summed E-state index contributed by atoms with van der Waals surface area (Å²) in [5.41, 5.74) is -3.25. The Morgan fingerprint density at radius 1 is 1.02 bits per heavy atom. The molecule has 0 aliphatic rings. The Hall–Kier alpha value is -3.44. The maximum Gasteiger partial charge on any atom is 0.397 e. The van der Waals surface area contributed by atoms with E-state index < -0.39 is 34.5 Å². The number of ketones is 1. The highest BCUT2D eigenvalue weighted by Crippen LogP contribution is 2.46. The molecule has 0 amide bonds. The van der Waals surface area contributed by atoms with E-state index in [-0.39, 0.29) is 31.1 Å². The van der Waals surface area contributed by atoms with Crippen molar-refractivity contribution >= 4 is 11.8 Å². The Balaban J connectivity index is 3.58. The second-order valence-electron chi connectivity index (χ2n) is 9.34. The molecule has 1 aromatic heterocycles. The van der Waals surface area contributed by atoms with Crippen LogP contribution in [-0.2, 0) is 23.7 Å². The third-order valence-corrected chi connectivity index (χ3v) is 6.24. The molecule has 1 rings (SSSR count). The fourth-order valence-electron chi connectivity index (χ4n) is 3.40. The van der Waals surface area contributed by atoms with Gasteiger partial charge in [-0.05, 0) is 63.0 Å². The second kappa shape index (κ2) is 17.4. The molecular weight excluding hydrogens is 543 g/mol. The van der Waals surface area contributed by atoms with Crippen LogP contribution >= 0.6 is 0 Å². The highest BCUT2D eigenvalue weighted by atomic mass is 19.4. The predicted molar refractivity (Wildman–Crippen MR) is 149 cm³/mol. The number of ether oxygens (including phenoxy) is 5. The molecule has 11 heteroatoms. The van der Waals surface area contributed by atoms with E-state index in [1.807, 2.05) is 13.0 Å². The van der Waals surface area contributed by atoms with Crippen LogP contribution in [0.3, 0.4) is 0 Å². The number of pyridine rings is 1. The van der Waals surface area contributed by atoms with Gasteiger partial charge in [0.05, 0.1) is 45.2 Å². The molecule has 0 N–H and O–H groups in total. The molecule has 8 nitrogen and oxygen atoms in total. The molecule has 0 saturated carbocycles. The lowest BCUT2D eigenvalue weighted by Crippen LogP contribution is -2.37. The molecule has 1 aromatic rings. The maximum absolute atomic E-state index is 14.3. The van der Waals surface area contributed by atoms with Crippen molar-refractivity contribution in [3.8, 4) is 5.75 Å². The van der Waals surface area contributed by atoms with E-state index in [2.05, 4.69) is 4.98 Å². The van der Waals surface area contributed by atoms with E-state index in [1.54, 1.807) is 20.1 Å². The van der Waals surface area contributed by atoms with Crippen molar-refractivity contribution < 1.29 is 46.4 Å². The van der Waals surface area contributed by atoms with Crippen molar-refractivity contribution in [3.63, 3.8) is 0 Å². The molecule has 0 aliphatic carbocycles. The Labute approximate surface area is 239 Å². The van der Waals surface area contributed by atoms with E-state index in [9.17, 15) is 22.8 Å². The van der Waals surface area contributed by atoms with Gasteiger partial charge in [0.2, 0.25) is 5.78 Å². The summed E-state index contributed by atoms with van der Waals surface area (Å²) in [4.78, 5) is 30.8. The Morgan fingerprint density at radius 3 is 2.32 bits per heavy atom. The third kappa shape index (κ3) is 10.8. The first-order valence-electron chi connectivity index (χ1n) is 13.0. The minimum atomic E-state index is -4.79. The van der Waals surface area contributed by atoms with Crippen LogP contribution in [0.2, 0.25) is 0 Å². The van der Waals surface area contributed by atoms with Gasteiger partial charge in [0, 0.05) is 13.3 Å². The molecule has 0 bridgehead atoms. The lowest BCUT2D eigenvalue weighted by atomic mass is 9.77. The van der Waals surface area contributed by atoms with Crippen molar-refractivity contribution in [2.45, 2.75) is 46.7 Å². The first-order valence-corrected chi connectivity index (χ1v) is 13.0. The molecule has 0 atom stereocenters. The van der Waals surface area contributed by atoms with Gasteiger partial charge < -0.3 is 23.7 Å². The number of carbonyl (C=O) groups excluding carboxylic acids is 2. The molecule has 0 fully saturated rings. The summed E-state index contributed by atoms with van der Waals surface area (Å²) in [5, 5.41) is 0. The summed E-state index contributed by atoms with van der Waals surface area (Å²) in [7, 11) is 4.05. The summed E-state index contributed by atoms with van der Waals surface area (Å²) in [5.74, 6) is -1.56. The zero-order chi connectivity index (χ0) is 31.1. The van der Waals surface area contributed by atoms with Gasteiger partial charge in [-0.1, -0.05) is 25.2 Å². The minimum Gasteiger partial charge on any atom is -0.501 e. The van der Waals surface area contributed by atoms with Crippen molar-refractivity contribution in [1.29, 1.82) is 0 Å². The lowest BCUT2D eigenvalue weighted by Gasteiger charge is -2.31. The molecule has 41 heavy (non-hydrogen) atoms. The fraction of sp³-hybridized carbons (Fsp3) is 0.500. The Morgan fingerprint density at radius 2 is 1.73 bits per heavy atom. The van der Waals surface area contributed by atoms with Gasteiger partial charge in [0.25, 0.3) is 0 Å². The van der Waals surface area contributed by atoms with Crippen LogP contribution in [0, 0.1) is 5.41 Å². The normalized spacial score (nSPS) is 13.7. The number of alkyl halides is 3. The van der Waals surface area contributed by atoms with Gasteiger partial charge in [-0.25, -0.2) is 9.78 Å².